The molecule has 26 heavy (non-hydrogen) atoms. The lowest BCUT2D eigenvalue weighted by molar-refractivity contribution is -0.127. The summed E-state index contributed by atoms with van der Waals surface area (Å²) in [4.78, 5) is 27.6. The first-order chi connectivity index (χ1) is 12.6. The van der Waals surface area contributed by atoms with E-state index in [2.05, 4.69) is 35.6 Å². The van der Waals surface area contributed by atoms with E-state index in [0.29, 0.717) is 19.5 Å². The van der Waals surface area contributed by atoms with Crippen LogP contribution in [0.4, 0.5) is 0 Å². The second-order valence-corrected chi connectivity index (χ2v) is 7.00. The zero-order valence-electron chi connectivity index (χ0n) is 15.4. The van der Waals surface area contributed by atoms with E-state index in [1.807, 2.05) is 29.0 Å². The van der Waals surface area contributed by atoms with Crippen molar-refractivity contribution in [3.05, 3.63) is 48.0 Å². The van der Waals surface area contributed by atoms with Crippen molar-refractivity contribution in [2.24, 2.45) is 0 Å². The highest BCUT2D eigenvalue weighted by Gasteiger charge is 2.19. The summed E-state index contributed by atoms with van der Waals surface area (Å²) >= 11 is 0. The average molecular weight is 353 g/mol. The standard InChI is InChI=1S/C21H27N3O2/c1-23(15-18-9-4-8-17-7-2-3-10-19(17)18)16-20(25)22-12-6-14-24-13-5-11-21(24)26/h2-4,7-10H,5-6,11-16H2,1H3,(H,22,25). The molecule has 1 aliphatic heterocycles. The van der Waals surface area contributed by atoms with Gasteiger partial charge < -0.3 is 10.2 Å². The average Bonchev–Trinajstić information content (AvgIpc) is 3.04. The second-order valence-electron chi connectivity index (χ2n) is 7.00. The smallest absolute Gasteiger partial charge is 0.234 e. The molecule has 1 N–H and O–H groups in total. The first-order valence-corrected chi connectivity index (χ1v) is 9.33. The predicted octanol–water partition coefficient (Wildman–Crippen LogP) is 2.40. The third-order valence-electron chi connectivity index (χ3n) is 4.83. The normalized spacial score (nSPS) is 14.4. The molecule has 1 saturated heterocycles. The van der Waals surface area contributed by atoms with Crippen molar-refractivity contribution in [1.82, 2.24) is 15.1 Å². The fourth-order valence-corrected chi connectivity index (χ4v) is 3.52. The number of hydrogen-bond acceptors (Lipinski definition) is 3. The van der Waals surface area contributed by atoms with Crippen LogP contribution < -0.4 is 5.32 Å². The number of likely N-dealkylation sites (N-methyl/N-ethyl adjacent to an activating group) is 1. The minimum Gasteiger partial charge on any atom is -0.355 e. The Hall–Kier alpha value is -2.40. The lowest BCUT2D eigenvalue weighted by Crippen LogP contribution is -2.36. The third kappa shape index (κ3) is 4.82. The quantitative estimate of drug-likeness (QED) is 0.742. The van der Waals surface area contributed by atoms with Gasteiger partial charge in [-0.1, -0.05) is 42.5 Å². The van der Waals surface area contributed by atoms with E-state index < -0.39 is 0 Å². The Balaban J connectivity index is 1.42. The van der Waals surface area contributed by atoms with Gasteiger partial charge in [-0.25, -0.2) is 0 Å². The first-order valence-electron chi connectivity index (χ1n) is 9.33. The van der Waals surface area contributed by atoms with Crippen LogP contribution in [0.1, 0.15) is 24.8 Å². The number of hydrogen-bond donors (Lipinski definition) is 1. The van der Waals surface area contributed by atoms with Gasteiger partial charge in [0, 0.05) is 32.6 Å². The molecule has 2 aromatic rings. The molecule has 5 nitrogen and oxygen atoms in total. The number of nitrogens with one attached hydrogen (secondary N) is 1. The SMILES string of the molecule is CN(CC(=O)NCCCN1CCCC1=O)Cc1cccc2ccccc12. The van der Waals surface area contributed by atoms with E-state index in [0.717, 1.165) is 32.5 Å². The molecular weight excluding hydrogens is 326 g/mol. The summed E-state index contributed by atoms with van der Waals surface area (Å²) in [5.41, 5.74) is 1.23. The van der Waals surface area contributed by atoms with Crippen molar-refractivity contribution in [1.29, 1.82) is 0 Å². The van der Waals surface area contributed by atoms with E-state index in [4.69, 9.17) is 0 Å². The molecule has 0 radical (unpaired) electrons. The number of nitrogens with zero attached hydrogens (tertiary/aromatic N) is 2. The Morgan fingerprint density at radius 3 is 2.81 bits per heavy atom. The second kappa shape index (κ2) is 8.81. The van der Waals surface area contributed by atoms with E-state index in [1.165, 1.54) is 16.3 Å². The molecule has 0 spiro atoms. The molecule has 0 unspecified atom stereocenters. The van der Waals surface area contributed by atoms with Crippen LogP contribution in [0.5, 0.6) is 0 Å². The Morgan fingerprint density at radius 1 is 1.19 bits per heavy atom. The topological polar surface area (TPSA) is 52.7 Å². The number of carbonyl (C=O) groups excluding carboxylic acids is 2. The van der Waals surface area contributed by atoms with Gasteiger partial charge in [0.15, 0.2) is 0 Å². The molecule has 1 aliphatic rings. The lowest BCUT2D eigenvalue weighted by Gasteiger charge is -2.18. The monoisotopic (exact) mass is 353 g/mol. The van der Waals surface area contributed by atoms with Crippen LogP contribution in [0, 0.1) is 0 Å². The highest BCUT2D eigenvalue weighted by atomic mass is 16.2. The van der Waals surface area contributed by atoms with Crippen LogP contribution in [0.2, 0.25) is 0 Å². The summed E-state index contributed by atoms with van der Waals surface area (Å²) in [6.45, 7) is 3.32. The van der Waals surface area contributed by atoms with Crippen LogP contribution in [0.25, 0.3) is 10.8 Å². The Morgan fingerprint density at radius 2 is 2.00 bits per heavy atom. The van der Waals surface area contributed by atoms with Gasteiger partial charge in [0.1, 0.15) is 0 Å². The predicted molar refractivity (Wildman–Crippen MR) is 104 cm³/mol. The van der Waals surface area contributed by atoms with Gasteiger partial charge in [-0.15, -0.1) is 0 Å². The van der Waals surface area contributed by atoms with Gasteiger partial charge in [-0.2, -0.15) is 0 Å². The number of amides is 2. The first kappa shape index (κ1) is 18.4. The molecule has 0 bridgehead atoms. The van der Waals surface area contributed by atoms with E-state index >= 15 is 0 Å². The molecule has 2 aromatic carbocycles. The summed E-state index contributed by atoms with van der Waals surface area (Å²) in [7, 11) is 1.96. The number of carbonyl (C=O) groups is 2. The molecule has 2 amide bonds. The number of rotatable bonds is 8. The molecule has 0 saturated carbocycles. The van der Waals surface area contributed by atoms with Crippen molar-refractivity contribution in [2.75, 3.05) is 33.2 Å². The molecule has 138 valence electrons. The number of likely N-dealkylation sites (tertiary alicyclic amines) is 1. The lowest BCUT2D eigenvalue weighted by atomic mass is 10.0. The zero-order valence-corrected chi connectivity index (χ0v) is 15.4. The summed E-state index contributed by atoms with van der Waals surface area (Å²) in [6.07, 6.45) is 2.44. The van der Waals surface area contributed by atoms with Crippen LogP contribution in [-0.2, 0) is 16.1 Å². The Kier molecular flexibility index (Phi) is 6.23. The van der Waals surface area contributed by atoms with Gasteiger partial charge in [0.05, 0.1) is 6.54 Å². The van der Waals surface area contributed by atoms with Crippen LogP contribution >= 0.6 is 0 Å². The van der Waals surface area contributed by atoms with Crippen molar-refractivity contribution in [2.45, 2.75) is 25.8 Å². The van der Waals surface area contributed by atoms with Gasteiger partial charge >= 0.3 is 0 Å². The summed E-state index contributed by atoms with van der Waals surface area (Å²) < 4.78 is 0. The highest BCUT2D eigenvalue weighted by Crippen LogP contribution is 2.19. The molecule has 0 aromatic heterocycles. The van der Waals surface area contributed by atoms with E-state index in [-0.39, 0.29) is 11.8 Å². The maximum absolute atomic E-state index is 12.1. The van der Waals surface area contributed by atoms with Gasteiger partial charge in [0.2, 0.25) is 11.8 Å². The summed E-state index contributed by atoms with van der Waals surface area (Å²) in [5.74, 6) is 0.270. The van der Waals surface area contributed by atoms with Crippen LogP contribution in [0.3, 0.4) is 0 Å². The fourth-order valence-electron chi connectivity index (χ4n) is 3.52. The third-order valence-corrected chi connectivity index (χ3v) is 4.83. The molecule has 1 heterocycles. The van der Waals surface area contributed by atoms with E-state index in [1.54, 1.807) is 0 Å². The molecule has 0 atom stereocenters. The minimum absolute atomic E-state index is 0.0282. The highest BCUT2D eigenvalue weighted by molar-refractivity contribution is 5.85. The molecule has 5 heteroatoms. The zero-order chi connectivity index (χ0) is 18.4. The van der Waals surface area contributed by atoms with Crippen molar-refractivity contribution >= 4 is 22.6 Å². The van der Waals surface area contributed by atoms with Gasteiger partial charge in [-0.05, 0) is 36.2 Å². The van der Waals surface area contributed by atoms with Crippen LogP contribution in [-0.4, -0.2) is 54.8 Å². The van der Waals surface area contributed by atoms with Crippen molar-refractivity contribution in [3.8, 4) is 0 Å². The van der Waals surface area contributed by atoms with Crippen LogP contribution in [0.15, 0.2) is 42.5 Å². The molecular formula is C21H27N3O2. The Bertz CT molecular complexity index is 769. The van der Waals surface area contributed by atoms with Gasteiger partial charge in [0.25, 0.3) is 0 Å². The van der Waals surface area contributed by atoms with Crippen molar-refractivity contribution < 1.29 is 9.59 Å². The maximum Gasteiger partial charge on any atom is 0.234 e. The largest absolute Gasteiger partial charge is 0.355 e. The Labute approximate surface area is 155 Å². The molecule has 3 rings (SSSR count). The van der Waals surface area contributed by atoms with E-state index in [9.17, 15) is 9.59 Å². The molecule has 0 aliphatic carbocycles. The minimum atomic E-state index is 0.0282. The summed E-state index contributed by atoms with van der Waals surface area (Å²) in [5, 5.41) is 5.41. The van der Waals surface area contributed by atoms with Crippen molar-refractivity contribution in [3.63, 3.8) is 0 Å². The fraction of sp³-hybridized carbons (Fsp3) is 0.429. The maximum atomic E-state index is 12.1. The summed E-state index contributed by atoms with van der Waals surface area (Å²) in [6, 6.07) is 14.6. The number of fused-ring (bicyclic) bond motifs is 1. The van der Waals surface area contributed by atoms with Gasteiger partial charge in [-0.3, -0.25) is 14.5 Å². The number of benzene rings is 2. The molecule has 1 fully saturated rings.